The van der Waals surface area contributed by atoms with Crippen LogP contribution >= 0.6 is 0 Å². The van der Waals surface area contributed by atoms with E-state index >= 15 is 0 Å². The van der Waals surface area contributed by atoms with Crippen molar-refractivity contribution in [2.45, 2.75) is 32.6 Å². The molecule has 0 atom stereocenters. The van der Waals surface area contributed by atoms with Gasteiger partial charge in [-0.25, -0.2) is 0 Å². The molecule has 1 aliphatic heterocycles. The lowest BCUT2D eigenvalue weighted by Crippen LogP contribution is -2.46. The Bertz CT molecular complexity index is 312. The first kappa shape index (κ1) is 14.6. The Morgan fingerprint density at radius 2 is 1.83 bits per heavy atom. The first-order chi connectivity index (χ1) is 8.65. The van der Waals surface area contributed by atoms with Crippen LogP contribution in [0.15, 0.2) is 0 Å². The summed E-state index contributed by atoms with van der Waals surface area (Å²) in [5.41, 5.74) is 0. The fraction of sp³-hybridized carbons (Fsp3) is 0.750. The number of imide groups is 1. The number of hydrogen-bond donors (Lipinski definition) is 3. The van der Waals surface area contributed by atoms with Gasteiger partial charge < -0.3 is 10.6 Å². The lowest BCUT2D eigenvalue weighted by molar-refractivity contribution is -0.143. The van der Waals surface area contributed by atoms with Crippen molar-refractivity contribution in [2.75, 3.05) is 19.6 Å². The van der Waals surface area contributed by atoms with Gasteiger partial charge in [0, 0.05) is 12.5 Å². The van der Waals surface area contributed by atoms with Crippen molar-refractivity contribution in [2.24, 2.45) is 5.92 Å². The third kappa shape index (κ3) is 4.83. The average molecular weight is 255 g/mol. The van der Waals surface area contributed by atoms with Gasteiger partial charge in [-0.2, -0.15) is 0 Å². The van der Waals surface area contributed by atoms with Crippen LogP contribution in [0.5, 0.6) is 0 Å². The zero-order valence-corrected chi connectivity index (χ0v) is 10.8. The second-order valence-corrected chi connectivity index (χ2v) is 4.45. The highest BCUT2D eigenvalue weighted by Crippen LogP contribution is 2.10. The molecular formula is C12H21N3O3. The Balaban J connectivity index is 2.29. The van der Waals surface area contributed by atoms with Gasteiger partial charge in [0.1, 0.15) is 0 Å². The van der Waals surface area contributed by atoms with Crippen molar-refractivity contribution in [3.8, 4) is 0 Å². The van der Waals surface area contributed by atoms with Crippen LogP contribution in [-0.2, 0) is 14.4 Å². The molecule has 0 aliphatic carbocycles. The van der Waals surface area contributed by atoms with Crippen LogP contribution < -0.4 is 16.0 Å². The van der Waals surface area contributed by atoms with Crippen LogP contribution in [0, 0.1) is 5.92 Å². The smallest absolute Gasteiger partial charge is 0.315 e. The molecule has 1 fully saturated rings. The minimum atomic E-state index is -0.852. The van der Waals surface area contributed by atoms with E-state index in [0.29, 0.717) is 19.4 Å². The van der Waals surface area contributed by atoms with Gasteiger partial charge in [0.15, 0.2) is 0 Å². The molecule has 1 saturated heterocycles. The topological polar surface area (TPSA) is 87.3 Å². The molecular weight excluding hydrogens is 234 g/mol. The maximum atomic E-state index is 11.7. The first-order valence-corrected chi connectivity index (χ1v) is 6.49. The maximum Gasteiger partial charge on any atom is 0.315 e. The summed E-state index contributed by atoms with van der Waals surface area (Å²) in [4.78, 5) is 34.5. The van der Waals surface area contributed by atoms with E-state index in [-0.39, 0.29) is 11.8 Å². The molecule has 0 saturated carbocycles. The van der Waals surface area contributed by atoms with Gasteiger partial charge in [-0.05, 0) is 32.4 Å². The third-order valence-electron chi connectivity index (χ3n) is 2.97. The van der Waals surface area contributed by atoms with Gasteiger partial charge in [0.25, 0.3) is 0 Å². The Morgan fingerprint density at radius 3 is 2.44 bits per heavy atom. The zero-order chi connectivity index (χ0) is 13.4. The minimum Gasteiger partial charge on any atom is -0.348 e. The number of carbonyl (C=O) groups is 3. The van der Waals surface area contributed by atoms with E-state index in [4.69, 9.17) is 0 Å². The van der Waals surface area contributed by atoms with E-state index in [1.807, 2.05) is 6.92 Å². The monoisotopic (exact) mass is 255 g/mol. The quantitative estimate of drug-likeness (QED) is 0.469. The van der Waals surface area contributed by atoms with Gasteiger partial charge >= 0.3 is 11.8 Å². The van der Waals surface area contributed by atoms with E-state index in [0.717, 1.165) is 25.9 Å². The molecule has 0 spiro atoms. The summed E-state index contributed by atoms with van der Waals surface area (Å²) in [5, 5.41) is 7.77. The molecule has 0 aromatic heterocycles. The van der Waals surface area contributed by atoms with Crippen molar-refractivity contribution in [1.29, 1.82) is 0 Å². The molecule has 1 rings (SSSR count). The average Bonchev–Trinajstić information content (AvgIpc) is 2.39. The highest BCUT2D eigenvalue weighted by atomic mass is 16.2. The highest BCUT2D eigenvalue weighted by Gasteiger charge is 2.24. The lowest BCUT2D eigenvalue weighted by atomic mass is 9.97. The number of unbranched alkanes of at least 4 members (excludes halogenated alkanes) is 1. The van der Waals surface area contributed by atoms with Crippen molar-refractivity contribution in [3.05, 3.63) is 0 Å². The predicted molar refractivity (Wildman–Crippen MR) is 66.7 cm³/mol. The number of nitrogens with one attached hydrogen (secondary N) is 3. The zero-order valence-electron chi connectivity index (χ0n) is 10.8. The number of rotatable bonds is 4. The van der Waals surface area contributed by atoms with Crippen molar-refractivity contribution in [3.63, 3.8) is 0 Å². The summed E-state index contributed by atoms with van der Waals surface area (Å²) in [6, 6.07) is 0. The SMILES string of the molecule is CCCCNC(=O)C(=O)NC(=O)C1CCNCC1. The van der Waals surface area contributed by atoms with Crippen LogP contribution in [-0.4, -0.2) is 37.4 Å². The summed E-state index contributed by atoms with van der Waals surface area (Å²) in [7, 11) is 0. The summed E-state index contributed by atoms with van der Waals surface area (Å²) in [6.45, 7) is 4.00. The Kier molecular flexibility index (Phi) is 6.35. The number of hydrogen-bond acceptors (Lipinski definition) is 4. The van der Waals surface area contributed by atoms with Crippen LogP contribution in [0.4, 0.5) is 0 Å². The van der Waals surface area contributed by atoms with E-state index in [1.165, 1.54) is 0 Å². The molecule has 3 amide bonds. The summed E-state index contributed by atoms with van der Waals surface area (Å²) < 4.78 is 0. The molecule has 102 valence electrons. The van der Waals surface area contributed by atoms with Crippen molar-refractivity contribution >= 4 is 17.7 Å². The largest absolute Gasteiger partial charge is 0.348 e. The van der Waals surface area contributed by atoms with Gasteiger partial charge in [0.05, 0.1) is 0 Å². The second kappa shape index (κ2) is 7.81. The molecule has 0 radical (unpaired) electrons. The minimum absolute atomic E-state index is 0.168. The Labute approximate surface area is 107 Å². The molecule has 6 nitrogen and oxygen atoms in total. The third-order valence-corrected chi connectivity index (χ3v) is 2.97. The molecule has 0 bridgehead atoms. The highest BCUT2D eigenvalue weighted by molar-refractivity contribution is 6.37. The van der Waals surface area contributed by atoms with Crippen molar-refractivity contribution < 1.29 is 14.4 Å². The lowest BCUT2D eigenvalue weighted by Gasteiger charge is -2.21. The van der Waals surface area contributed by atoms with Crippen LogP contribution in [0.2, 0.25) is 0 Å². The van der Waals surface area contributed by atoms with E-state index in [9.17, 15) is 14.4 Å². The van der Waals surface area contributed by atoms with Gasteiger partial charge in [-0.3, -0.25) is 19.7 Å². The Hall–Kier alpha value is -1.43. The normalized spacial score (nSPS) is 16.1. The molecule has 1 heterocycles. The Morgan fingerprint density at radius 1 is 1.17 bits per heavy atom. The van der Waals surface area contributed by atoms with Crippen LogP contribution in [0.25, 0.3) is 0 Å². The van der Waals surface area contributed by atoms with Gasteiger partial charge in [-0.15, -0.1) is 0 Å². The predicted octanol–water partition coefficient (Wildman–Crippen LogP) is -0.455. The summed E-state index contributed by atoms with van der Waals surface area (Å²) >= 11 is 0. The van der Waals surface area contributed by atoms with E-state index < -0.39 is 11.8 Å². The molecule has 0 aromatic rings. The van der Waals surface area contributed by atoms with E-state index in [1.54, 1.807) is 0 Å². The first-order valence-electron chi connectivity index (χ1n) is 6.49. The van der Waals surface area contributed by atoms with Crippen LogP contribution in [0.3, 0.4) is 0 Å². The number of piperidine rings is 1. The molecule has 6 heteroatoms. The molecule has 18 heavy (non-hydrogen) atoms. The second-order valence-electron chi connectivity index (χ2n) is 4.45. The molecule has 1 aliphatic rings. The summed E-state index contributed by atoms with van der Waals surface area (Å²) in [5.74, 6) is -2.09. The van der Waals surface area contributed by atoms with Gasteiger partial charge in [0.2, 0.25) is 5.91 Å². The summed E-state index contributed by atoms with van der Waals surface area (Å²) in [6.07, 6.45) is 3.17. The van der Waals surface area contributed by atoms with Crippen molar-refractivity contribution in [1.82, 2.24) is 16.0 Å². The fourth-order valence-corrected chi connectivity index (χ4v) is 1.81. The van der Waals surface area contributed by atoms with E-state index in [2.05, 4.69) is 16.0 Å². The fourth-order valence-electron chi connectivity index (χ4n) is 1.81. The van der Waals surface area contributed by atoms with Gasteiger partial charge in [-0.1, -0.05) is 13.3 Å². The number of amides is 3. The standard InChI is InChI=1S/C12H21N3O3/c1-2-3-6-14-11(17)12(18)15-10(16)9-4-7-13-8-5-9/h9,13H,2-8H2,1H3,(H,14,17)(H,15,16,18). The maximum absolute atomic E-state index is 11.7. The molecule has 0 aromatic carbocycles. The molecule has 3 N–H and O–H groups in total. The number of carbonyl (C=O) groups excluding carboxylic acids is 3. The molecule has 0 unspecified atom stereocenters. The van der Waals surface area contributed by atoms with Crippen LogP contribution in [0.1, 0.15) is 32.6 Å².